The molecule has 0 bridgehead atoms. The minimum absolute atomic E-state index is 0. The minimum atomic E-state index is -1.42. The Labute approximate surface area is 217 Å². The third-order valence-corrected chi connectivity index (χ3v) is 5.76. The number of ketones is 1. The first-order chi connectivity index (χ1) is 15.5. The summed E-state index contributed by atoms with van der Waals surface area (Å²) in [4.78, 5) is 25.8. The Morgan fingerprint density at radius 1 is 0.939 bits per heavy atom. The van der Waals surface area contributed by atoms with E-state index in [1.807, 2.05) is 19.1 Å². The Morgan fingerprint density at radius 3 is 2.33 bits per heavy atom. The normalized spacial score (nSPS) is 11.5. The maximum atomic E-state index is 13.5. The standard InChI is InChI=1S/C25H20N2O4S.Na/c1-15-12-16(8-11-22(15)31-2)13-19(24(28)17-6-4-3-5-7-17)23(25(29)30)18-9-10-20-21(14-18)27-32-26-20;/h3-12,14H,13H2,1-2H3,(H,29,30);/q;+1/p-1. The van der Waals surface area contributed by atoms with Gasteiger partial charge in [0, 0.05) is 23.1 Å². The zero-order chi connectivity index (χ0) is 22.7. The van der Waals surface area contributed by atoms with Crippen molar-refractivity contribution in [2.24, 2.45) is 0 Å². The summed E-state index contributed by atoms with van der Waals surface area (Å²) in [6.07, 6.45) is 0.120. The molecule has 0 N–H and O–H groups in total. The number of carboxylic acids is 1. The summed E-state index contributed by atoms with van der Waals surface area (Å²) in [5, 5.41) is 12.3. The van der Waals surface area contributed by atoms with Gasteiger partial charge in [0.2, 0.25) is 0 Å². The van der Waals surface area contributed by atoms with Crippen LogP contribution in [-0.4, -0.2) is 27.6 Å². The molecule has 0 radical (unpaired) electrons. The van der Waals surface area contributed by atoms with Gasteiger partial charge in [0.15, 0.2) is 5.78 Å². The maximum absolute atomic E-state index is 13.5. The topological polar surface area (TPSA) is 92.2 Å². The van der Waals surface area contributed by atoms with Crippen molar-refractivity contribution in [1.82, 2.24) is 8.75 Å². The molecule has 0 amide bonds. The van der Waals surface area contributed by atoms with Gasteiger partial charge in [-0.05, 0) is 41.8 Å². The molecule has 0 saturated carbocycles. The number of carbonyl (C=O) groups is 2. The number of methoxy groups -OCH3 is 1. The largest absolute Gasteiger partial charge is 1.00 e. The van der Waals surface area contributed by atoms with E-state index in [1.54, 1.807) is 61.7 Å². The van der Waals surface area contributed by atoms with Crippen molar-refractivity contribution in [2.75, 3.05) is 7.11 Å². The fourth-order valence-corrected chi connectivity index (χ4v) is 4.17. The summed E-state index contributed by atoms with van der Waals surface area (Å²) in [5.74, 6) is -1.07. The van der Waals surface area contributed by atoms with Crippen LogP contribution in [0.15, 0.2) is 72.3 Å². The van der Waals surface area contributed by atoms with Gasteiger partial charge in [0.05, 0.1) is 24.8 Å². The second-order valence-electron chi connectivity index (χ2n) is 7.28. The first-order valence-corrected chi connectivity index (χ1v) is 10.6. The molecule has 6 nitrogen and oxygen atoms in total. The van der Waals surface area contributed by atoms with Gasteiger partial charge >= 0.3 is 29.6 Å². The molecular formula is C25H19N2NaO4S. The number of aryl methyl sites for hydroxylation is 1. The molecule has 33 heavy (non-hydrogen) atoms. The molecule has 160 valence electrons. The molecule has 1 aromatic heterocycles. The number of rotatable bonds is 7. The van der Waals surface area contributed by atoms with E-state index < -0.39 is 5.97 Å². The van der Waals surface area contributed by atoms with Crippen molar-refractivity contribution in [2.45, 2.75) is 13.3 Å². The number of hydrogen-bond acceptors (Lipinski definition) is 7. The van der Waals surface area contributed by atoms with E-state index in [0.29, 0.717) is 22.2 Å². The van der Waals surface area contributed by atoms with Gasteiger partial charge in [-0.25, -0.2) is 0 Å². The molecule has 0 atom stereocenters. The second kappa shape index (κ2) is 10.9. The number of aromatic nitrogens is 2. The maximum Gasteiger partial charge on any atom is 1.00 e. The fourth-order valence-electron chi connectivity index (χ4n) is 3.65. The third-order valence-electron chi connectivity index (χ3n) is 5.20. The summed E-state index contributed by atoms with van der Waals surface area (Å²) >= 11 is 1.04. The summed E-state index contributed by atoms with van der Waals surface area (Å²) < 4.78 is 13.7. The average molecular weight is 466 g/mol. The predicted molar refractivity (Wildman–Crippen MR) is 122 cm³/mol. The van der Waals surface area contributed by atoms with Gasteiger partial charge in [-0.3, -0.25) is 4.79 Å². The van der Waals surface area contributed by atoms with E-state index in [4.69, 9.17) is 4.74 Å². The Hall–Kier alpha value is -2.84. The van der Waals surface area contributed by atoms with Crippen LogP contribution in [0.5, 0.6) is 5.75 Å². The zero-order valence-corrected chi connectivity index (χ0v) is 21.3. The number of carbonyl (C=O) groups excluding carboxylic acids is 2. The fraction of sp³-hybridized carbons (Fsp3) is 0.120. The van der Waals surface area contributed by atoms with E-state index >= 15 is 0 Å². The summed E-state index contributed by atoms with van der Waals surface area (Å²) in [5.41, 5.74) is 3.67. The van der Waals surface area contributed by atoms with Crippen molar-refractivity contribution in [3.8, 4) is 5.75 Å². The van der Waals surface area contributed by atoms with Crippen LogP contribution in [0.3, 0.4) is 0 Å². The van der Waals surface area contributed by atoms with Crippen molar-refractivity contribution in [3.05, 3.63) is 94.6 Å². The second-order valence-corrected chi connectivity index (χ2v) is 7.81. The number of carboxylic acid groups (broad SMARTS) is 1. The predicted octanol–water partition coefficient (Wildman–Crippen LogP) is 0.641. The van der Waals surface area contributed by atoms with Crippen molar-refractivity contribution in [1.29, 1.82) is 0 Å². The molecule has 0 unspecified atom stereocenters. The van der Waals surface area contributed by atoms with Gasteiger partial charge in [-0.1, -0.05) is 48.5 Å². The number of fused-ring (bicyclic) bond motifs is 1. The van der Waals surface area contributed by atoms with E-state index in [9.17, 15) is 14.7 Å². The van der Waals surface area contributed by atoms with Gasteiger partial charge in [0.25, 0.3) is 0 Å². The van der Waals surface area contributed by atoms with Crippen molar-refractivity contribution < 1.29 is 49.0 Å². The summed E-state index contributed by atoms with van der Waals surface area (Å²) in [6, 6.07) is 19.1. The van der Waals surface area contributed by atoms with Crippen LogP contribution in [0.25, 0.3) is 16.6 Å². The van der Waals surface area contributed by atoms with Crippen LogP contribution in [-0.2, 0) is 11.2 Å². The number of allylic oxidation sites excluding steroid dienone is 1. The van der Waals surface area contributed by atoms with Crippen molar-refractivity contribution >= 4 is 40.1 Å². The molecule has 0 aliphatic heterocycles. The molecule has 0 fully saturated rings. The molecule has 4 rings (SSSR count). The summed E-state index contributed by atoms with van der Waals surface area (Å²) in [7, 11) is 1.59. The number of aliphatic carboxylic acids is 1. The number of hydrogen-bond donors (Lipinski definition) is 0. The summed E-state index contributed by atoms with van der Waals surface area (Å²) in [6.45, 7) is 1.90. The number of Topliss-reactive ketones (excluding diaryl/α,β-unsaturated/α-hetero) is 1. The molecule has 0 saturated heterocycles. The van der Waals surface area contributed by atoms with E-state index in [-0.39, 0.29) is 52.9 Å². The van der Waals surface area contributed by atoms with Crippen LogP contribution < -0.4 is 39.4 Å². The molecule has 1 heterocycles. The number of benzene rings is 3. The van der Waals surface area contributed by atoms with Crippen LogP contribution in [0.1, 0.15) is 27.0 Å². The van der Waals surface area contributed by atoms with Crippen molar-refractivity contribution in [3.63, 3.8) is 0 Å². The molecule has 3 aromatic carbocycles. The first-order valence-electron chi connectivity index (χ1n) is 9.88. The van der Waals surface area contributed by atoms with Gasteiger partial charge in [-0.2, -0.15) is 8.75 Å². The smallest absolute Gasteiger partial charge is 0.545 e. The third kappa shape index (κ3) is 5.39. The van der Waals surface area contributed by atoms with Crippen LogP contribution in [0.2, 0.25) is 0 Å². The molecule has 8 heteroatoms. The Bertz CT molecular complexity index is 1350. The first kappa shape index (κ1) is 24.8. The Morgan fingerprint density at radius 2 is 1.67 bits per heavy atom. The molecule has 4 aromatic rings. The van der Waals surface area contributed by atoms with E-state index in [1.165, 1.54) is 0 Å². The van der Waals surface area contributed by atoms with Gasteiger partial charge < -0.3 is 14.6 Å². The Balaban J connectivity index is 0.00000306. The molecular weight excluding hydrogens is 447 g/mol. The van der Waals surface area contributed by atoms with Gasteiger partial charge in [-0.15, -0.1) is 0 Å². The minimum Gasteiger partial charge on any atom is -0.545 e. The zero-order valence-electron chi connectivity index (χ0n) is 18.5. The SMILES string of the molecule is COc1ccc(CC(C(=O)c2ccccc2)=C(C(=O)[O-])c2ccc3nsnc3c2)cc1C.[Na+]. The quantitative estimate of drug-likeness (QED) is 0.226. The van der Waals surface area contributed by atoms with E-state index in [0.717, 1.165) is 28.6 Å². The molecule has 0 spiro atoms. The van der Waals surface area contributed by atoms with Crippen LogP contribution in [0.4, 0.5) is 0 Å². The van der Waals surface area contributed by atoms with Gasteiger partial charge in [0.1, 0.15) is 16.8 Å². The molecule has 0 aliphatic carbocycles. The number of ether oxygens (including phenoxy) is 1. The van der Waals surface area contributed by atoms with Crippen LogP contribution >= 0.6 is 11.7 Å². The monoisotopic (exact) mass is 466 g/mol. The number of nitrogens with zero attached hydrogens (tertiary/aromatic N) is 2. The van der Waals surface area contributed by atoms with Crippen LogP contribution in [0, 0.1) is 6.92 Å². The Kier molecular flexibility index (Phi) is 8.15. The average Bonchev–Trinajstić information content (AvgIpc) is 3.27. The van der Waals surface area contributed by atoms with E-state index in [2.05, 4.69) is 8.75 Å². The molecule has 0 aliphatic rings.